The molecule has 37 heavy (non-hydrogen) atoms. The largest absolute Gasteiger partial charge is 0.427 e. The van der Waals surface area contributed by atoms with Gasteiger partial charge >= 0.3 is 0 Å². The highest BCUT2D eigenvalue weighted by Crippen LogP contribution is 2.36. The molecule has 1 fully saturated rings. The topological polar surface area (TPSA) is 90.8 Å². The van der Waals surface area contributed by atoms with Crippen LogP contribution in [0.25, 0.3) is 33.6 Å². The lowest BCUT2D eigenvalue weighted by Gasteiger charge is -2.16. The maximum absolute atomic E-state index is 11.0. The van der Waals surface area contributed by atoms with Crippen molar-refractivity contribution in [3.63, 3.8) is 0 Å². The van der Waals surface area contributed by atoms with E-state index >= 15 is 0 Å². The van der Waals surface area contributed by atoms with E-state index in [2.05, 4.69) is 70.0 Å². The molecule has 3 heterocycles. The first kappa shape index (κ1) is 23.9. The second-order valence-corrected chi connectivity index (χ2v) is 10.3. The highest BCUT2D eigenvalue weighted by Gasteiger charge is 2.28. The van der Waals surface area contributed by atoms with Crippen LogP contribution in [-0.4, -0.2) is 38.0 Å². The number of hydrogen-bond acceptors (Lipinski definition) is 5. The van der Waals surface area contributed by atoms with Crippen molar-refractivity contribution in [3.05, 3.63) is 71.6 Å². The van der Waals surface area contributed by atoms with E-state index in [4.69, 9.17) is 4.98 Å². The molecule has 1 atom stereocenters. The Labute approximate surface area is 218 Å². The molecular formula is C30H36N6O. The number of nitrogens with one attached hydrogen (secondary N) is 3. The Kier molecular flexibility index (Phi) is 6.81. The standard InChI is InChI=1S/C30H36N6O/c1-2-15-31-19-28-33-18-26(34-28)21-11-9-20(10-12-21)22-13-14-24-23(17-22)6-3-4-8-27-29(24)35-30(36(27)37)25-7-5-16-32-25/h9-14,17-18,25,31-32,37H,2-8,15-16,19H2,1H3,(H,33,34)/t25-/m0/s1. The van der Waals surface area contributed by atoms with Crippen LogP contribution in [-0.2, 0) is 19.4 Å². The number of aromatic nitrogens is 4. The van der Waals surface area contributed by atoms with Crippen LogP contribution in [0.4, 0.5) is 0 Å². The van der Waals surface area contributed by atoms with Gasteiger partial charge in [-0.05, 0) is 80.3 Å². The zero-order valence-electron chi connectivity index (χ0n) is 21.6. The van der Waals surface area contributed by atoms with Gasteiger partial charge in [0.15, 0.2) is 5.82 Å². The quantitative estimate of drug-likeness (QED) is 0.196. The second-order valence-electron chi connectivity index (χ2n) is 10.3. The predicted molar refractivity (Wildman–Crippen MR) is 146 cm³/mol. The molecule has 0 radical (unpaired) electrons. The lowest BCUT2D eigenvalue weighted by atomic mass is 9.90. The normalized spacial score (nSPS) is 17.3. The van der Waals surface area contributed by atoms with Crippen LogP contribution in [0.2, 0.25) is 0 Å². The molecule has 192 valence electrons. The van der Waals surface area contributed by atoms with E-state index in [1.54, 1.807) is 0 Å². The average Bonchev–Trinajstić information content (AvgIpc) is 3.67. The number of imidazole rings is 2. The second kappa shape index (κ2) is 10.5. The molecule has 1 saturated heterocycles. The predicted octanol–water partition coefficient (Wildman–Crippen LogP) is 5.65. The Balaban J connectivity index is 1.26. The van der Waals surface area contributed by atoms with Gasteiger partial charge in [-0.2, -0.15) is 4.73 Å². The lowest BCUT2D eigenvalue weighted by Crippen LogP contribution is -2.18. The first-order valence-electron chi connectivity index (χ1n) is 13.7. The van der Waals surface area contributed by atoms with Gasteiger partial charge in [0.25, 0.3) is 0 Å². The fraction of sp³-hybridized carbons (Fsp3) is 0.400. The minimum Gasteiger partial charge on any atom is -0.427 e. The van der Waals surface area contributed by atoms with E-state index in [9.17, 15) is 5.21 Å². The van der Waals surface area contributed by atoms with Gasteiger partial charge in [-0.15, -0.1) is 0 Å². The molecule has 6 rings (SSSR count). The summed E-state index contributed by atoms with van der Waals surface area (Å²) in [5.41, 5.74) is 8.95. The monoisotopic (exact) mass is 496 g/mol. The van der Waals surface area contributed by atoms with Gasteiger partial charge in [0.2, 0.25) is 0 Å². The van der Waals surface area contributed by atoms with E-state index in [-0.39, 0.29) is 6.04 Å². The highest BCUT2D eigenvalue weighted by atomic mass is 16.5. The first-order chi connectivity index (χ1) is 18.2. The molecule has 0 spiro atoms. The number of benzene rings is 2. The van der Waals surface area contributed by atoms with Crippen LogP contribution in [0.15, 0.2) is 48.7 Å². The summed E-state index contributed by atoms with van der Waals surface area (Å²) < 4.78 is 1.38. The summed E-state index contributed by atoms with van der Waals surface area (Å²) in [6, 6.07) is 15.5. The zero-order chi connectivity index (χ0) is 25.2. The van der Waals surface area contributed by atoms with Crippen molar-refractivity contribution in [1.29, 1.82) is 0 Å². The summed E-state index contributed by atoms with van der Waals surface area (Å²) in [5, 5.41) is 17.9. The zero-order valence-corrected chi connectivity index (χ0v) is 21.6. The molecular weight excluding hydrogens is 460 g/mol. The molecule has 7 nitrogen and oxygen atoms in total. The van der Waals surface area contributed by atoms with E-state index in [0.717, 1.165) is 104 Å². The third-order valence-electron chi connectivity index (χ3n) is 7.69. The molecule has 4 aromatic rings. The summed E-state index contributed by atoms with van der Waals surface area (Å²) in [7, 11) is 0. The van der Waals surface area contributed by atoms with E-state index in [1.807, 2.05) is 6.20 Å². The molecule has 0 amide bonds. The Hall–Kier alpha value is -3.42. The first-order valence-corrected chi connectivity index (χ1v) is 13.7. The van der Waals surface area contributed by atoms with Gasteiger partial charge in [0.1, 0.15) is 5.82 Å². The maximum Gasteiger partial charge on any atom is 0.162 e. The summed E-state index contributed by atoms with van der Waals surface area (Å²) in [6.07, 6.45) is 9.21. The summed E-state index contributed by atoms with van der Waals surface area (Å²) in [6.45, 7) is 4.90. The van der Waals surface area contributed by atoms with Crippen LogP contribution in [0.3, 0.4) is 0 Å². The van der Waals surface area contributed by atoms with Gasteiger partial charge in [0.05, 0.1) is 35.9 Å². The summed E-state index contributed by atoms with van der Waals surface area (Å²) in [4.78, 5) is 12.9. The van der Waals surface area contributed by atoms with Crippen LogP contribution >= 0.6 is 0 Å². The van der Waals surface area contributed by atoms with Gasteiger partial charge < -0.3 is 20.8 Å². The Bertz CT molecular complexity index is 1360. The van der Waals surface area contributed by atoms with Crippen molar-refractivity contribution in [3.8, 4) is 33.6 Å². The summed E-state index contributed by atoms with van der Waals surface area (Å²) in [5.74, 6) is 1.73. The van der Waals surface area contributed by atoms with Crippen LogP contribution in [0.5, 0.6) is 0 Å². The maximum atomic E-state index is 11.0. The summed E-state index contributed by atoms with van der Waals surface area (Å²) >= 11 is 0. The smallest absolute Gasteiger partial charge is 0.162 e. The minimum atomic E-state index is 0.137. The van der Waals surface area contributed by atoms with Crippen molar-refractivity contribution < 1.29 is 5.21 Å². The molecule has 2 aliphatic rings. The third kappa shape index (κ3) is 4.81. The third-order valence-corrected chi connectivity index (χ3v) is 7.69. The van der Waals surface area contributed by atoms with Gasteiger partial charge in [0, 0.05) is 5.56 Å². The molecule has 7 heteroatoms. The molecule has 0 saturated carbocycles. The highest BCUT2D eigenvalue weighted by molar-refractivity contribution is 5.75. The minimum absolute atomic E-state index is 0.137. The van der Waals surface area contributed by atoms with Crippen LogP contribution < -0.4 is 10.6 Å². The number of nitrogens with zero attached hydrogens (tertiary/aromatic N) is 3. The molecule has 2 aromatic carbocycles. The fourth-order valence-electron chi connectivity index (χ4n) is 5.68. The average molecular weight is 497 g/mol. The Morgan fingerprint density at radius 1 is 1.03 bits per heavy atom. The van der Waals surface area contributed by atoms with E-state index in [0.29, 0.717) is 0 Å². The van der Waals surface area contributed by atoms with Crippen LogP contribution in [0, 0.1) is 0 Å². The molecule has 1 aliphatic carbocycles. The molecule has 0 unspecified atom stereocenters. The van der Waals surface area contributed by atoms with Crippen LogP contribution in [0.1, 0.15) is 68.0 Å². The van der Waals surface area contributed by atoms with Crippen molar-refractivity contribution in [2.45, 2.75) is 64.5 Å². The van der Waals surface area contributed by atoms with Crippen molar-refractivity contribution >= 4 is 0 Å². The van der Waals surface area contributed by atoms with Gasteiger partial charge in [-0.1, -0.05) is 49.4 Å². The fourth-order valence-corrected chi connectivity index (χ4v) is 5.68. The number of hydrogen-bond donors (Lipinski definition) is 4. The Morgan fingerprint density at radius 2 is 1.84 bits per heavy atom. The Morgan fingerprint density at radius 3 is 2.65 bits per heavy atom. The molecule has 0 bridgehead atoms. The lowest BCUT2D eigenvalue weighted by molar-refractivity contribution is 0.160. The van der Waals surface area contributed by atoms with Crippen molar-refractivity contribution in [2.75, 3.05) is 13.1 Å². The van der Waals surface area contributed by atoms with Crippen molar-refractivity contribution in [2.24, 2.45) is 0 Å². The number of rotatable bonds is 7. The SMILES string of the molecule is CCCNCc1ncc(-c2ccc(-c3ccc4c(c3)CCCCc3c-4nc([C@@H]4CCCN4)n3O)cc2)[nH]1. The number of fused-ring (bicyclic) bond motifs is 3. The number of aryl methyl sites for hydroxylation is 1. The number of H-pyrrole nitrogens is 1. The van der Waals surface area contributed by atoms with Gasteiger partial charge in [-0.3, -0.25) is 0 Å². The molecule has 4 N–H and O–H groups in total. The molecule has 1 aliphatic heterocycles. The molecule has 2 aromatic heterocycles. The van der Waals surface area contributed by atoms with E-state index < -0.39 is 0 Å². The van der Waals surface area contributed by atoms with Gasteiger partial charge in [-0.25, -0.2) is 9.97 Å². The van der Waals surface area contributed by atoms with E-state index in [1.165, 1.54) is 21.4 Å². The number of aromatic amines is 1. The van der Waals surface area contributed by atoms with Crippen molar-refractivity contribution in [1.82, 2.24) is 30.3 Å².